The van der Waals surface area contributed by atoms with Crippen LogP contribution in [0.2, 0.25) is 0 Å². The van der Waals surface area contributed by atoms with Crippen molar-refractivity contribution in [2.24, 2.45) is 18.2 Å². The van der Waals surface area contributed by atoms with E-state index in [4.69, 9.17) is 5.73 Å². The van der Waals surface area contributed by atoms with E-state index in [9.17, 15) is 0 Å². The number of benzene rings is 1. The number of aryl methyl sites for hydroxylation is 2. The average molecular weight is 260 g/mol. The molecule has 0 unspecified atom stereocenters. The van der Waals surface area contributed by atoms with E-state index < -0.39 is 0 Å². The standard InChI is InChI=1S/C15H24N4/c1-11-17-13-8-12(6-7-14(13)19(11)5)18(4)10-15(2,3)9-16/h6-8H,9-10,16H2,1-5H3. The molecule has 2 rings (SSSR count). The summed E-state index contributed by atoms with van der Waals surface area (Å²) in [4.78, 5) is 6.83. The molecule has 0 fully saturated rings. The van der Waals surface area contributed by atoms with Crippen LogP contribution in [0, 0.1) is 12.3 Å². The molecule has 4 heteroatoms. The quantitative estimate of drug-likeness (QED) is 0.917. The number of imidazole rings is 1. The number of anilines is 1. The van der Waals surface area contributed by atoms with Crippen molar-refractivity contribution in [2.45, 2.75) is 20.8 Å². The van der Waals surface area contributed by atoms with Crippen LogP contribution < -0.4 is 10.6 Å². The lowest BCUT2D eigenvalue weighted by Gasteiger charge is -2.30. The SMILES string of the molecule is Cc1nc2cc(N(C)CC(C)(C)CN)ccc2n1C. The first kappa shape index (κ1) is 13.9. The molecule has 19 heavy (non-hydrogen) atoms. The smallest absolute Gasteiger partial charge is 0.106 e. The number of fused-ring (bicyclic) bond motifs is 1. The monoisotopic (exact) mass is 260 g/mol. The Morgan fingerprint density at radius 1 is 1.37 bits per heavy atom. The zero-order valence-electron chi connectivity index (χ0n) is 12.6. The molecule has 0 saturated carbocycles. The van der Waals surface area contributed by atoms with E-state index in [0.29, 0.717) is 6.54 Å². The van der Waals surface area contributed by atoms with Gasteiger partial charge in [0.2, 0.25) is 0 Å². The van der Waals surface area contributed by atoms with Gasteiger partial charge in [0.15, 0.2) is 0 Å². The number of hydrogen-bond acceptors (Lipinski definition) is 3. The molecule has 2 N–H and O–H groups in total. The van der Waals surface area contributed by atoms with Crippen molar-refractivity contribution >= 4 is 16.7 Å². The maximum atomic E-state index is 5.80. The van der Waals surface area contributed by atoms with Gasteiger partial charge in [-0.1, -0.05) is 13.8 Å². The van der Waals surface area contributed by atoms with E-state index in [2.05, 4.69) is 53.5 Å². The molecule has 4 nitrogen and oxygen atoms in total. The van der Waals surface area contributed by atoms with Gasteiger partial charge >= 0.3 is 0 Å². The van der Waals surface area contributed by atoms with Crippen LogP contribution in [0.25, 0.3) is 11.0 Å². The van der Waals surface area contributed by atoms with Crippen molar-refractivity contribution in [3.8, 4) is 0 Å². The summed E-state index contributed by atoms with van der Waals surface area (Å²) in [6, 6.07) is 6.43. The predicted molar refractivity (Wildman–Crippen MR) is 81.6 cm³/mol. The van der Waals surface area contributed by atoms with Gasteiger partial charge in [0, 0.05) is 26.3 Å². The maximum Gasteiger partial charge on any atom is 0.106 e. The van der Waals surface area contributed by atoms with Gasteiger partial charge in [0.05, 0.1) is 11.0 Å². The Bertz CT molecular complexity index is 583. The fraction of sp³-hybridized carbons (Fsp3) is 0.533. The predicted octanol–water partition coefficient (Wildman–Crippen LogP) is 2.30. The second-order valence-electron chi connectivity index (χ2n) is 6.12. The maximum absolute atomic E-state index is 5.80. The number of nitrogens with two attached hydrogens (primary N) is 1. The van der Waals surface area contributed by atoms with Gasteiger partial charge in [-0.15, -0.1) is 0 Å². The molecule has 1 aromatic heterocycles. The fourth-order valence-electron chi connectivity index (χ4n) is 2.34. The summed E-state index contributed by atoms with van der Waals surface area (Å²) in [6.07, 6.45) is 0. The Labute approximate surface area is 115 Å². The Morgan fingerprint density at radius 3 is 2.68 bits per heavy atom. The molecule has 104 valence electrons. The first-order valence-electron chi connectivity index (χ1n) is 6.68. The van der Waals surface area contributed by atoms with Crippen molar-refractivity contribution < 1.29 is 0 Å². The minimum Gasteiger partial charge on any atom is -0.374 e. The van der Waals surface area contributed by atoms with Crippen LogP contribution in [-0.4, -0.2) is 29.7 Å². The molecule has 0 saturated heterocycles. The van der Waals surface area contributed by atoms with Gasteiger partial charge in [0.1, 0.15) is 5.82 Å². The number of hydrogen-bond donors (Lipinski definition) is 1. The highest BCUT2D eigenvalue weighted by molar-refractivity contribution is 5.80. The summed E-state index contributed by atoms with van der Waals surface area (Å²) in [5, 5.41) is 0. The molecule has 1 heterocycles. The van der Waals surface area contributed by atoms with Crippen LogP contribution in [0.5, 0.6) is 0 Å². The van der Waals surface area contributed by atoms with E-state index in [1.807, 2.05) is 14.0 Å². The molecule has 0 radical (unpaired) electrons. The second-order valence-corrected chi connectivity index (χ2v) is 6.12. The molecule has 0 spiro atoms. The van der Waals surface area contributed by atoms with Crippen LogP contribution in [-0.2, 0) is 7.05 Å². The number of aromatic nitrogens is 2. The molecular weight excluding hydrogens is 236 g/mol. The Hall–Kier alpha value is -1.55. The average Bonchev–Trinajstić information content (AvgIpc) is 2.64. The normalized spacial score (nSPS) is 12.1. The summed E-state index contributed by atoms with van der Waals surface area (Å²) in [5.41, 5.74) is 9.33. The van der Waals surface area contributed by atoms with Gasteiger partial charge in [0.25, 0.3) is 0 Å². The lowest BCUT2D eigenvalue weighted by Crippen LogP contribution is -2.36. The van der Waals surface area contributed by atoms with Crippen LogP contribution in [0.4, 0.5) is 5.69 Å². The summed E-state index contributed by atoms with van der Waals surface area (Å²) in [6.45, 7) is 8.02. The van der Waals surface area contributed by atoms with Crippen molar-refractivity contribution in [1.29, 1.82) is 0 Å². The summed E-state index contributed by atoms with van der Waals surface area (Å²) >= 11 is 0. The highest BCUT2D eigenvalue weighted by atomic mass is 15.1. The molecule has 2 aromatic rings. The van der Waals surface area contributed by atoms with E-state index in [0.717, 1.165) is 17.9 Å². The topological polar surface area (TPSA) is 47.1 Å². The van der Waals surface area contributed by atoms with Crippen LogP contribution in [0.3, 0.4) is 0 Å². The summed E-state index contributed by atoms with van der Waals surface area (Å²) < 4.78 is 2.11. The molecule has 0 aliphatic carbocycles. The summed E-state index contributed by atoms with van der Waals surface area (Å²) in [5.74, 6) is 1.04. The van der Waals surface area contributed by atoms with Gasteiger partial charge in [-0.05, 0) is 37.1 Å². The van der Waals surface area contributed by atoms with Crippen molar-refractivity contribution in [1.82, 2.24) is 9.55 Å². The van der Waals surface area contributed by atoms with E-state index in [-0.39, 0.29) is 5.41 Å². The van der Waals surface area contributed by atoms with Crippen molar-refractivity contribution in [3.05, 3.63) is 24.0 Å². The minimum atomic E-state index is 0.115. The number of rotatable bonds is 4. The van der Waals surface area contributed by atoms with E-state index in [1.165, 1.54) is 11.2 Å². The minimum absolute atomic E-state index is 0.115. The van der Waals surface area contributed by atoms with E-state index in [1.54, 1.807) is 0 Å². The fourth-order valence-corrected chi connectivity index (χ4v) is 2.34. The third-order valence-corrected chi connectivity index (χ3v) is 3.75. The summed E-state index contributed by atoms with van der Waals surface area (Å²) in [7, 11) is 4.15. The lowest BCUT2D eigenvalue weighted by molar-refractivity contribution is 0.385. The lowest BCUT2D eigenvalue weighted by atomic mass is 9.93. The van der Waals surface area contributed by atoms with Gasteiger partial charge in [-0.2, -0.15) is 0 Å². The molecule has 0 aliphatic heterocycles. The highest BCUT2D eigenvalue weighted by Gasteiger charge is 2.18. The van der Waals surface area contributed by atoms with Crippen LogP contribution in [0.15, 0.2) is 18.2 Å². The highest BCUT2D eigenvalue weighted by Crippen LogP contribution is 2.24. The first-order chi connectivity index (χ1) is 8.84. The van der Waals surface area contributed by atoms with Crippen LogP contribution in [0.1, 0.15) is 19.7 Å². The molecular formula is C15H24N4. The van der Waals surface area contributed by atoms with Crippen molar-refractivity contribution in [2.75, 3.05) is 25.0 Å². The molecule has 0 aliphatic rings. The third-order valence-electron chi connectivity index (χ3n) is 3.75. The van der Waals surface area contributed by atoms with Gasteiger partial charge in [-0.3, -0.25) is 0 Å². The Balaban J connectivity index is 2.31. The molecule has 0 amide bonds. The molecule has 0 bridgehead atoms. The third kappa shape index (κ3) is 2.73. The molecule has 1 aromatic carbocycles. The zero-order chi connectivity index (χ0) is 14.2. The van der Waals surface area contributed by atoms with Crippen LogP contribution >= 0.6 is 0 Å². The second kappa shape index (κ2) is 4.85. The Kier molecular flexibility index (Phi) is 3.54. The first-order valence-corrected chi connectivity index (χ1v) is 6.68. The Morgan fingerprint density at radius 2 is 2.05 bits per heavy atom. The number of nitrogens with zero attached hydrogens (tertiary/aromatic N) is 3. The molecule has 0 atom stereocenters. The largest absolute Gasteiger partial charge is 0.374 e. The van der Waals surface area contributed by atoms with Gasteiger partial charge in [-0.25, -0.2) is 4.98 Å². The van der Waals surface area contributed by atoms with Gasteiger partial charge < -0.3 is 15.2 Å². The van der Waals surface area contributed by atoms with E-state index >= 15 is 0 Å². The zero-order valence-corrected chi connectivity index (χ0v) is 12.6. The van der Waals surface area contributed by atoms with Crippen molar-refractivity contribution in [3.63, 3.8) is 0 Å².